The third-order valence-electron chi connectivity index (χ3n) is 7.41. The Labute approximate surface area is 238 Å². The first kappa shape index (κ1) is 37.6. The normalized spacial score (nSPS) is 12.0. The summed E-state index contributed by atoms with van der Waals surface area (Å²) in [6.45, 7) is 10.4. The van der Waals surface area contributed by atoms with E-state index in [1.807, 2.05) is 0 Å². The van der Waals surface area contributed by atoms with Gasteiger partial charge in [0.15, 0.2) is 0 Å². The molecule has 0 rings (SSSR count). The second-order valence-corrected chi connectivity index (χ2v) is 20.3. The average molecular weight is 636 g/mol. The molecule has 0 saturated carbocycles. The van der Waals surface area contributed by atoms with Gasteiger partial charge >= 0.3 is 213 Å². The molecule has 0 atom stereocenters. The molecular formula is C32H68O4Sn. The molecular weight excluding hydrogens is 567 g/mol. The Balaban J connectivity index is 4.06. The molecule has 0 aliphatic rings. The van der Waals surface area contributed by atoms with Gasteiger partial charge in [0.1, 0.15) is 0 Å². The molecule has 0 bridgehead atoms. The van der Waals surface area contributed by atoms with Gasteiger partial charge in [-0.3, -0.25) is 0 Å². The van der Waals surface area contributed by atoms with Crippen LogP contribution in [0.2, 0.25) is 8.87 Å². The Bertz CT molecular complexity index is 384. The number of hydrogen-bond donors (Lipinski definition) is 0. The van der Waals surface area contributed by atoms with Crippen LogP contribution >= 0.6 is 0 Å². The van der Waals surface area contributed by atoms with Gasteiger partial charge in [-0.05, 0) is 0 Å². The molecule has 0 saturated heterocycles. The van der Waals surface area contributed by atoms with Crippen molar-refractivity contribution in [2.75, 3.05) is 13.2 Å². The Kier molecular flexibility index (Phi) is 31.7. The predicted molar refractivity (Wildman–Crippen MR) is 163 cm³/mol. The van der Waals surface area contributed by atoms with E-state index < -0.39 is 19.2 Å². The van der Waals surface area contributed by atoms with E-state index in [4.69, 9.17) is 16.2 Å². The molecule has 0 radical (unpaired) electrons. The first-order valence-electron chi connectivity index (χ1n) is 16.9. The maximum absolute atomic E-state index is 6.18. The molecule has 0 aromatic carbocycles. The number of unbranched alkanes of at least 4 members (excludes halogenated alkanes) is 20. The fraction of sp³-hybridized carbons (Fsp3) is 1.00. The zero-order chi connectivity index (χ0) is 27.1. The van der Waals surface area contributed by atoms with Crippen LogP contribution in [0.4, 0.5) is 0 Å². The molecule has 5 heteroatoms. The standard InChI is InChI=1S/2C12H26O2.2C4H9.Sn/c2*1-2-3-4-5-6-7-8-9-10-11-12-14-13;2*1-3-4-2;/h2*13H,2-12H2,1H3;2*1,3-4H2,2H3;/q;;;;+2/p-2. The SMILES string of the molecule is CCCCCCCCCCCCO[O][Sn]([CH2]CCC)([CH2]CCC)[O]OCCCCCCCCCCCC. The van der Waals surface area contributed by atoms with Crippen LogP contribution in [0.15, 0.2) is 0 Å². The summed E-state index contributed by atoms with van der Waals surface area (Å²) in [6.07, 6.45) is 31.3. The molecule has 0 aliphatic heterocycles. The molecule has 0 aromatic heterocycles. The number of rotatable bonds is 32. The summed E-state index contributed by atoms with van der Waals surface area (Å²) in [5.74, 6) is 0. The third kappa shape index (κ3) is 26.6. The molecule has 4 nitrogen and oxygen atoms in total. The molecule has 224 valence electrons. The fourth-order valence-electron chi connectivity index (χ4n) is 4.79. The minimum absolute atomic E-state index is 0.690. The smallest absolute Gasteiger partial charge is 0.0654 e. The summed E-state index contributed by atoms with van der Waals surface area (Å²) in [6, 6.07) is 0. The van der Waals surface area contributed by atoms with Crippen LogP contribution < -0.4 is 0 Å². The molecule has 0 N–H and O–H groups in total. The maximum atomic E-state index is 6.18. The van der Waals surface area contributed by atoms with Crippen molar-refractivity contribution in [1.29, 1.82) is 0 Å². The van der Waals surface area contributed by atoms with E-state index in [1.54, 1.807) is 0 Å². The van der Waals surface area contributed by atoms with Gasteiger partial charge in [-0.1, -0.05) is 26.7 Å². The van der Waals surface area contributed by atoms with E-state index in [-0.39, 0.29) is 0 Å². The average Bonchev–Trinajstić information content (AvgIpc) is 2.91. The van der Waals surface area contributed by atoms with Crippen LogP contribution in [0, 0.1) is 0 Å². The monoisotopic (exact) mass is 636 g/mol. The third-order valence-corrected chi connectivity index (χ3v) is 16.2. The molecule has 37 heavy (non-hydrogen) atoms. The first-order chi connectivity index (χ1) is 18.2. The van der Waals surface area contributed by atoms with Gasteiger partial charge in [-0.2, -0.15) is 0 Å². The van der Waals surface area contributed by atoms with Crippen LogP contribution in [-0.4, -0.2) is 32.4 Å². The molecule has 0 spiro atoms. The van der Waals surface area contributed by atoms with Crippen molar-refractivity contribution in [2.24, 2.45) is 0 Å². The molecule has 0 amide bonds. The minimum atomic E-state index is -3.35. The Morgan fingerprint density at radius 3 is 0.892 bits per heavy atom. The summed E-state index contributed by atoms with van der Waals surface area (Å²) in [5, 5.41) is 0. The van der Waals surface area contributed by atoms with Gasteiger partial charge in [0.05, 0.1) is 0 Å². The van der Waals surface area contributed by atoms with Gasteiger partial charge in [0.2, 0.25) is 0 Å². The van der Waals surface area contributed by atoms with Crippen LogP contribution in [0.25, 0.3) is 0 Å². The van der Waals surface area contributed by atoms with E-state index in [2.05, 4.69) is 27.7 Å². The molecule has 0 fully saturated rings. The summed E-state index contributed by atoms with van der Waals surface area (Å²) in [7, 11) is 0. The van der Waals surface area contributed by atoms with Crippen molar-refractivity contribution in [3.63, 3.8) is 0 Å². The minimum Gasteiger partial charge on any atom is -0.0654 e. The van der Waals surface area contributed by atoms with Crippen molar-refractivity contribution in [2.45, 2.75) is 191 Å². The fourth-order valence-corrected chi connectivity index (χ4v) is 13.3. The van der Waals surface area contributed by atoms with Crippen molar-refractivity contribution in [3.05, 3.63) is 0 Å². The van der Waals surface area contributed by atoms with E-state index in [9.17, 15) is 0 Å². The van der Waals surface area contributed by atoms with Gasteiger partial charge in [0, 0.05) is 0 Å². The van der Waals surface area contributed by atoms with Gasteiger partial charge < -0.3 is 0 Å². The Morgan fingerprint density at radius 1 is 0.324 bits per heavy atom. The number of hydrogen-bond acceptors (Lipinski definition) is 4. The van der Waals surface area contributed by atoms with Crippen molar-refractivity contribution in [1.82, 2.24) is 0 Å². The first-order valence-corrected chi connectivity index (χ1v) is 23.2. The summed E-state index contributed by atoms with van der Waals surface area (Å²) in [4.78, 5) is 11.6. The van der Waals surface area contributed by atoms with E-state index >= 15 is 0 Å². The van der Waals surface area contributed by atoms with E-state index in [0.29, 0.717) is 13.2 Å². The van der Waals surface area contributed by atoms with E-state index in [1.165, 1.54) is 116 Å². The van der Waals surface area contributed by atoms with Crippen molar-refractivity contribution in [3.8, 4) is 0 Å². The van der Waals surface area contributed by atoms with Gasteiger partial charge in [-0.25, -0.2) is 0 Å². The van der Waals surface area contributed by atoms with Gasteiger partial charge in [0.25, 0.3) is 0 Å². The summed E-state index contributed by atoms with van der Waals surface area (Å²) < 4.78 is 14.4. The zero-order valence-corrected chi connectivity index (χ0v) is 28.8. The Hall–Kier alpha value is 0.639. The molecule has 0 heterocycles. The summed E-state index contributed by atoms with van der Waals surface area (Å²) in [5.41, 5.74) is 0. The topological polar surface area (TPSA) is 36.9 Å². The van der Waals surface area contributed by atoms with Crippen LogP contribution in [0.1, 0.15) is 182 Å². The van der Waals surface area contributed by atoms with Crippen molar-refractivity contribution >= 4 is 19.2 Å². The predicted octanol–water partition coefficient (Wildman–Crippen LogP) is 11.8. The second-order valence-electron chi connectivity index (χ2n) is 11.3. The second kappa shape index (κ2) is 31.2. The molecule has 0 aliphatic carbocycles. The molecule has 0 unspecified atom stereocenters. The zero-order valence-electron chi connectivity index (χ0n) is 25.9. The van der Waals surface area contributed by atoms with Crippen molar-refractivity contribution < 1.29 is 16.2 Å². The molecule has 0 aromatic rings. The van der Waals surface area contributed by atoms with Gasteiger partial charge in [-0.15, -0.1) is 0 Å². The van der Waals surface area contributed by atoms with E-state index in [0.717, 1.165) is 47.4 Å². The van der Waals surface area contributed by atoms with Crippen LogP contribution in [0.3, 0.4) is 0 Å². The quantitative estimate of drug-likeness (QED) is 0.0319. The summed E-state index contributed by atoms with van der Waals surface area (Å²) >= 11 is -3.35. The van der Waals surface area contributed by atoms with Crippen LogP contribution in [0.5, 0.6) is 0 Å². The van der Waals surface area contributed by atoms with Crippen LogP contribution in [-0.2, 0) is 16.2 Å². The Morgan fingerprint density at radius 2 is 0.595 bits per heavy atom.